The maximum atomic E-state index is 11.7. The zero-order valence-electron chi connectivity index (χ0n) is 10.0. The standard InChI is InChI=1S/C13H15N3OS/c17-13(11-2-1-9-18-11)15-6-8-16-7-5-14-12(16)10-3-4-10/h1-2,5,7,9-10H,3-4,6,8H2,(H,15,17). The number of aromatic nitrogens is 2. The molecule has 0 bridgehead atoms. The molecule has 1 aliphatic rings. The van der Waals surface area contributed by atoms with Crippen LogP contribution in [0.4, 0.5) is 0 Å². The summed E-state index contributed by atoms with van der Waals surface area (Å²) in [6.07, 6.45) is 6.33. The van der Waals surface area contributed by atoms with Crippen molar-refractivity contribution in [3.05, 3.63) is 40.6 Å². The fraction of sp³-hybridized carbons (Fsp3) is 0.385. The van der Waals surface area contributed by atoms with E-state index in [0.29, 0.717) is 12.5 Å². The Morgan fingerprint density at radius 3 is 3.17 bits per heavy atom. The predicted octanol–water partition coefficient (Wildman–Crippen LogP) is 2.25. The molecule has 0 atom stereocenters. The van der Waals surface area contributed by atoms with Crippen LogP contribution in [0.5, 0.6) is 0 Å². The minimum absolute atomic E-state index is 0.0121. The Bertz CT molecular complexity index is 528. The van der Waals surface area contributed by atoms with E-state index in [9.17, 15) is 4.79 Å². The largest absolute Gasteiger partial charge is 0.350 e. The number of thiophene rings is 1. The summed E-state index contributed by atoms with van der Waals surface area (Å²) in [5, 5.41) is 4.85. The number of imidazole rings is 1. The molecule has 18 heavy (non-hydrogen) atoms. The Kier molecular flexibility index (Phi) is 3.15. The van der Waals surface area contributed by atoms with E-state index in [1.165, 1.54) is 30.0 Å². The van der Waals surface area contributed by atoms with Crippen molar-refractivity contribution in [2.75, 3.05) is 6.54 Å². The van der Waals surface area contributed by atoms with Gasteiger partial charge < -0.3 is 9.88 Å². The molecule has 0 spiro atoms. The second-order valence-electron chi connectivity index (χ2n) is 4.49. The highest BCUT2D eigenvalue weighted by Gasteiger charge is 2.27. The summed E-state index contributed by atoms with van der Waals surface area (Å²) in [5.41, 5.74) is 0. The Labute approximate surface area is 110 Å². The molecule has 3 rings (SSSR count). The van der Waals surface area contributed by atoms with Crippen molar-refractivity contribution in [1.29, 1.82) is 0 Å². The van der Waals surface area contributed by atoms with Crippen molar-refractivity contribution in [1.82, 2.24) is 14.9 Å². The lowest BCUT2D eigenvalue weighted by Crippen LogP contribution is -2.26. The van der Waals surface area contributed by atoms with E-state index in [1.54, 1.807) is 0 Å². The highest BCUT2D eigenvalue weighted by atomic mass is 32.1. The van der Waals surface area contributed by atoms with Gasteiger partial charge >= 0.3 is 0 Å². The molecule has 1 fully saturated rings. The summed E-state index contributed by atoms with van der Waals surface area (Å²) in [6, 6.07) is 3.73. The number of rotatable bonds is 5. The van der Waals surface area contributed by atoms with Gasteiger partial charge in [0.15, 0.2) is 0 Å². The van der Waals surface area contributed by atoms with E-state index in [-0.39, 0.29) is 5.91 Å². The third-order valence-electron chi connectivity index (χ3n) is 3.07. The van der Waals surface area contributed by atoms with Gasteiger partial charge in [0, 0.05) is 31.4 Å². The first kappa shape index (κ1) is 11.5. The van der Waals surface area contributed by atoms with Crippen LogP contribution in [0.25, 0.3) is 0 Å². The first-order chi connectivity index (χ1) is 8.84. The summed E-state index contributed by atoms with van der Waals surface area (Å²) in [6.45, 7) is 1.44. The normalized spacial score (nSPS) is 14.7. The van der Waals surface area contributed by atoms with Crippen LogP contribution < -0.4 is 5.32 Å². The third-order valence-corrected chi connectivity index (χ3v) is 3.94. The zero-order chi connectivity index (χ0) is 12.4. The number of hydrogen-bond acceptors (Lipinski definition) is 3. The Hall–Kier alpha value is -1.62. The lowest BCUT2D eigenvalue weighted by Gasteiger charge is -2.07. The Morgan fingerprint density at radius 1 is 1.56 bits per heavy atom. The van der Waals surface area contributed by atoms with Crippen molar-refractivity contribution in [2.45, 2.75) is 25.3 Å². The van der Waals surface area contributed by atoms with Crippen LogP contribution in [0, 0.1) is 0 Å². The fourth-order valence-electron chi connectivity index (χ4n) is 2.00. The first-order valence-electron chi connectivity index (χ1n) is 6.17. The maximum Gasteiger partial charge on any atom is 0.261 e. The van der Waals surface area contributed by atoms with Crippen LogP contribution in [0.2, 0.25) is 0 Å². The Morgan fingerprint density at radius 2 is 2.44 bits per heavy atom. The molecular formula is C13H15N3OS. The minimum Gasteiger partial charge on any atom is -0.350 e. The van der Waals surface area contributed by atoms with E-state index in [1.807, 2.05) is 29.9 Å². The van der Waals surface area contributed by atoms with Crippen LogP contribution in [0.3, 0.4) is 0 Å². The van der Waals surface area contributed by atoms with E-state index < -0.39 is 0 Å². The number of nitrogens with one attached hydrogen (secondary N) is 1. The smallest absolute Gasteiger partial charge is 0.261 e. The predicted molar refractivity (Wildman–Crippen MR) is 70.9 cm³/mol. The average molecular weight is 261 g/mol. The summed E-state index contributed by atoms with van der Waals surface area (Å²) in [4.78, 5) is 16.9. The quantitative estimate of drug-likeness (QED) is 0.897. The summed E-state index contributed by atoms with van der Waals surface area (Å²) in [7, 11) is 0. The van der Waals surface area contributed by atoms with Crippen LogP contribution in [0.1, 0.15) is 34.3 Å². The Balaban J connectivity index is 1.52. The molecule has 4 nitrogen and oxygen atoms in total. The molecule has 0 radical (unpaired) electrons. The van der Waals surface area contributed by atoms with Crippen LogP contribution in [-0.2, 0) is 6.54 Å². The molecule has 5 heteroatoms. The maximum absolute atomic E-state index is 11.7. The lowest BCUT2D eigenvalue weighted by molar-refractivity contribution is 0.0956. The van der Waals surface area contributed by atoms with Gasteiger partial charge in [0.1, 0.15) is 5.82 Å². The topological polar surface area (TPSA) is 46.9 Å². The number of carbonyl (C=O) groups is 1. The fourth-order valence-corrected chi connectivity index (χ4v) is 2.64. The average Bonchev–Trinajstić information content (AvgIpc) is 2.92. The van der Waals surface area contributed by atoms with Gasteiger partial charge in [0.05, 0.1) is 4.88 Å². The molecule has 2 heterocycles. The van der Waals surface area contributed by atoms with Gasteiger partial charge in [-0.25, -0.2) is 4.98 Å². The molecule has 2 aromatic rings. The highest BCUT2D eigenvalue weighted by Crippen LogP contribution is 2.38. The van der Waals surface area contributed by atoms with Crippen molar-refractivity contribution < 1.29 is 4.79 Å². The number of carbonyl (C=O) groups excluding carboxylic acids is 1. The number of nitrogens with zero attached hydrogens (tertiary/aromatic N) is 2. The van der Waals surface area contributed by atoms with Gasteiger partial charge in [0.2, 0.25) is 0 Å². The van der Waals surface area contributed by atoms with Crippen LogP contribution >= 0.6 is 11.3 Å². The van der Waals surface area contributed by atoms with Gasteiger partial charge in [-0.3, -0.25) is 4.79 Å². The first-order valence-corrected chi connectivity index (χ1v) is 7.05. The van der Waals surface area contributed by atoms with Crippen molar-refractivity contribution in [3.8, 4) is 0 Å². The lowest BCUT2D eigenvalue weighted by atomic mass is 10.4. The van der Waals surface area contributed by atoms with Crippen molar-refractivity contribution >= 4 is 17.2 Å². The van der Waals surface area contributed by atoms with Gasteiger partial charge in [-0.15, -0.1) is 11.3 Å². The second-order valence-corrected chi connectivity index (χ2v) is 5.43. The monoisotopic (exact) mass is 261 g/mol. The van der Waals surface area contributed by atoms with E-state index in [0.717, 1.165) is 11.4 Å². The van der Waals surface area contributed by atoms with Crippen LogP contribution in [0.15, 0.2) is 29.9 Å². The molecule has 2 aromatic heterocycles. The summed E-state index contributed by atoms with van der Waals surface area (Å²) >= 11 is 1.47. The van der Waals surface area contributed by atoms with Gasteiger partial charge in [-0.05, 0) is 24.3 Å². The minimum atomic E-state index is 0.0121. The third kappa shape index (κ3) is 2.46. The van der Waals surface area contributed by atoms with Crippen molar-refractivity contribution in [3.63, 3.8) is 0 Å². The molecule has 1 aliphatic carbocycles. The highest BCUT2D eigenvalue weighted by molar-refractivity contribution is 7.12. The van der Waals surface area contributed by atoms with Gasteiger partial charge in [-0.2, -0.15) is 0 Å². The molecule has 1 saturated carbocycles. The summed E-state index contributed by atoms with van der Waals surface area (Å²) in [5.74, 6) is 1.83. The zero-order valence-corrected chi connectivity index (χ0v) is 10.8. The van der Waals surface area contributed by atoms with Gasteiger partial charge in [-0.1, -0.05) is 6.07 Å². The molecule has 1 amide bonds. The molecule has 0 aliphatic heterocycles. The summed E-state index contributed by atoms with van der Waals surface area (Å²) < 4.78 is 2.15. The van der Waals surface area contributed by atoms with E-state index in [2.05, 4.69) is 14.9 Å². The molecule has 0 aromatic carbocycles. The number of amides is 1. The van der Waals surface area contributed by atoms with Crippen molar-refractivity contribution in [2.24, 2.45) is 0 Å². The van der Waals surface area contributed by atoms with E-state index in [4.69, 9.17) is 0 Å². The molecule has 94 valence electrons. The molecule has 1 N–H and O–H groups in total. The molecule has 0 unspecified atom stereocenters. The van der Waals surface area contributed by atoms with E-state index >= 15 is 0 Å². The SMILES string of the molecule is O=C(NCCn1ccnc1C1CC1)c1cccs1. The van der Waals surface area contributed by atoms with Gasteiger partial charge in [0.25, 0.3) is 5.91 Å². The second kappa shape index (κ2) is 4.94. The molecule has 0 saturated heterocycles. The molecular weight excluding hydrogens is 246 g/mol. The van der Waals surface area contributed by atoms with Crippen LogP contribution in [-0.4, -0.2) is 22.0 Å². The number of hydrogen-bond donors (Lipinski definition) is 1.